The summed E-state index contributed by atoms with van der Waals surface area (Å²) in [6, 6.07) is 4.93. The predicted octanol–water partition coefficient (Wildman–Crippen LogP) is 4.72. The van der Waals surface area contributed by atoms with Crippen LogP contribution in [0, 0.1) is 5.41 Å². The SMILES string of the molecule is Cn1nc(O[C@H](c2cc(B3OCC(C)(C)CO3)ccn2)C(F)F)c2cc(-c3cnc(OC(C)(C)C)nc3OC(C)(C)C)nnc21. The minimum atomic E-state index is -2.93. The van der Waals surface area contributed by atoms with Gasteiger partial charge in [0, 0.05) is 38.1 Å². The van der Waals surface area contributed by atoms with E-state index in [1.165, 1.54) is 23.1 Å². The van der Waals surface area contributed by atoms with Crippen molar-refractivity contribution < 1.29 is 32.3 Å². The molecule has 0 saturated carbocycles. The van der Waals surface area contributed by atoms with Crippen LogP contribution in [0.5, 0.6) is 17.8 Å². The molecule has 0 aromatic carbocycles. The highest BCUT2D eigenvalue weighted by Crippen LogP contribution is 2.35. The van der Waals surface area contributed by atoms with Crippen LogP contribution in [0.2, 0.25) is 0 Å². The van der Waals surface area contributed by atoms with Gasteiger partial charge in [-0.2, -0.15) is 4.98 Å². The van der Waals surface area contributed by atoms with Crippen molar-refractivity contribution in [2.45, 2.75) is 79.1 Å². The van der Waals surface area contributed by atoms with Gasteiger partial charge in [0.1, 0.15) is 16.9 Å². The van der Waals surface area contributed by atoms with Crippen LogP contribution < -0.4 is 19.7 Å². The fourth-order valence-electron chi connectivity index (χ4n) is 4.47. The second-order valence-corrected chi connectivity index (χ2v) is 13.7. The monoisotopic (exact) mass is 625 g/mol. The Morgan fingerprint density at radius 3 is 2.29 bits per heavy atom. The molecule has 0 unspecified atom stereocenters. The Hall–Kier alpha value is -3.98. The summed E-state index contributed by atoms with van der Waals surface area (Å²) in [5.41, 5.74) is 0.343. The summed E-state index contributed by atoms with van der Waals surface area (Å²) in [7, 11) is 0.924. The molecule has 0 radical (unpaired) electrons. The van der Waals surface area contributed by atoms with E-state index in [0.717, 1.165) is 0 Å². The van der Waals surface area contributed by atoms with Crippen molar-refractivity contribution in [1.29, 1.82) is 0 Å². The summed E-state index contributed by atoms with van der Waals surface area (Å²) in [6.45, 7) is 16.3. The van der Waals surface area contributed by atoms with E-state index in [9.17, 15) is 8.78 Å². The number of fused-ring (bicyclic) bond motifs is 1. The van der Waals surface area contributed by atoms with Crippen molar-refractivity contribution in [2.75, 3.05) is 13.2 Å². The number of rotatable bonds is 8. The highest BCUT2D eigenvalue weighted by atomic mass is 19.3. The number of halogens is 2. The van der Waals surface area contributed by atoms with Crippen molar-refractivity contribution >= 4 is 23.6 Å². The fraction of sp³-hybridized carbons (Fsp3) is 0.533. The molecule has 4 aromatic heterocycles. The van der Waals surface area contributed by atoms with Crippen molar-refractivity contribution in [1.82, 2.24) is 34.9 Å². The maximum Gasteiger partial charge on any atom is 0.494 e. The van der Waals surface area contributed by atoms with Gasteiger partial charge in [-0.3, -0.25) is 4.98 Å². The van der Waals surface area contributed by atoms with Crippen molar-refractivity contribution in [3.8, 4) is 29.0 Å². The summed E-state index contributed by atoms with van der Waals surface area (Å²) < 4.78 is 60.0. The van der Waals surface area contributed by atoms with E-state index >= 15 is 0 Å². The first-order chi connectivity index (χ1) is 21.0. The Labute approximate surface area is 261 Å². The number of hydrogen-bond donors (Lipinski definition) is 0. The Balaban J connectivity index is 1.49. The van der Waals surface area contributed by atoms with Gasteiger partial charge in [-0.1, -0.05) is 13.8 Å². The lowest BCUT2D eigenvalue weighted by atomic mass is 9.76. The molecule has 240 valence electrons. The van der Waals surface area contributed by atoms with Crippen molar-refractivity contribution in [3.05, 3.63) is 36.3 Å². The van der Waals surface area contributed by atoms with E-state index in [-0.39, 0.29) is 28.9 Å². The second-order valence-electron chi connectivity index (χ2n) is 13.7. The van der Waals surface area contributed by atoms with Crippen LogP contribution in [-0.4, -0.2) is 72.9 Å². The molecule has 0 spiro atoms. The molecular weight excluding hydrogens is 587 g/mol. The molecule has 12 nitrogen and oxygen atoms in total. The van der Waals surface area contributed by atoms with Gasteiger partial charge in [-0.25, -0.2) is 18.4 Å². The lowest BCUT2D eigenvalue weighted by Gasteiger charge is -2.33. The number of pyridine rings is 1. The largest absolute Gasteiger partial charge is 0.494 e. The van der Waals surface area contributed by atoms with Crippen LogP contribution in [0.15, 0.2) is 30.6 Å². The smallest absolute Gasteiger partial charge is 0.471 e. The Kier molecular flexibility index (Phi) is 8.71. The topological polar surface area (TPSA) is 128 Å². The van der Waals surface area contributed by atoms with Crippen LogP contribution in [0.3, 0.4) is 0 Å². The lowest BCUT2D eigenvalue weighted by Crippen LogP contribution is -2.47. The first kappa shape index (κ1) is 32.4. The molecule has 1 aliphatic heterocycles. The molecule has 15 heteroatoms. The fourth-order valence-corrected chi connectivity index (χ4v) is 4.47. The third kappa shape index (κ3) is 7.82. The summed E-state index contributed by atoms with van der Waals surface area (Å²) in [6.07, 6.45) is -1.71. The second kappa shape index (κ2) is 12.1. The molecule has 0 aliphatic carbocycles. The third-order valence-corrected chi connectivity index (χ3v) is 6.45. The standard InChI is InChI=1S/C30H38BF2N7O5/c1-28(2,3)44-25-19(14-35-27(36-25)45-29(4,5)6)20-13-18-24(38-37-20)40(9)39-26(18)43-22(23(32)33)21-12-17(10-11-34-21)31-41-15-30(7,8)16-42-31/h10-14,22-23H,15-16H2,1-9H3/t22-/m1/s1. The van der Waals surface area contributed by atoms with Crippen LogP contribution in [0.1, 0.15) is 67.2 Å². The molecular formula is C30H38BF2N7O5. The predicted molar refractivity (Wildman–Crippen MR) is 163 cm³/mol. The average Bonchev–Trinajstić information content (AvgIpc) is 3.24. The normalized spacial score (nSPS) is 16.2. The number of alkyl halides is 2. The molecule has 5 heterocycles. The van der Waals surface area contributed by atoms with Gasteiger partial charge < -0.3 is 23.5 Å². The van der Waals surface area contributed by atoms with Gasteiger partial charge in [0.15, 0.2) is 5.65 Å². The maximum absolute atomic E-state index is 14.5. The van der Waals surface area contributed by atoms with Gasteiger partial charge in [0.2, 0.25) is 17.9 Å². The van der Waals surface area contributed by atoms with Gasteiger partial charge >= 0.3 is 13.1 Å². The maximum atomic E-state index is 14.5. The van der Waals surface area contributed by atoms with Gasteiger partial charge in [-0.05, 0) is 65.2 Å². The Morgan fingerprint density at radius 2 is 1.64 bits per heavy atom. The Bertz CT molecular complexity index is 1660. The number of aryl methyl sites for hydroxylation is 1. The van der Waals surface area contributed by atoms with E-state index in [4.69, 9.17) is 23.5 Å². The molecule has 45 heavy (non-hydrogen) atoms. The molecule has 1 fully saturated rings. The zero-order valence-electron chi connectivity index (χ0n) is 27.0. The average molecular weight is 625 g/mol. The number of ether oxygens (including phenoxy) is 3. The molecule has 4 aromatic rings. The molecule has 1 aliphatic rings. The summed E-state index contributed by atoms with van der Waals surface area (Å²) in [5.74, 6) is 0.152. The quantitative estimate of drug-likeness (QED) is 0.252. The number of aromatic nitrogens is 7. The van der Waals surface area contributed by atoms with Crippen LogP contribution >= 0.6 is 0 Å². The minimum Gasteiger partial charge on any atom is -0.471 e. The molecule has 5 rings (SSSR count). The molecule has 1 atom stereocenters. The van der Waals surface area contributed by atoms with Gasteiger partial charge in [-0.15, -0.1) is 15.3 Å². The van der Waals surface area contributed by atoms with Gasteiger partial charge in [0.05, 0.1) is 16.6 Å². The minimum absolute atomic E-state index is 0.00396. The third-order valence-electron chi connectivity index (χ3n) is 6.45. The first-order valence-corrected chi connectivity index (χ1v) is 14.6. The van der Waals surface area contributed by atoms with Gasteiger partial charge in [0.25, 0.3) is 6.43 Å². The van der Waals surface area contributed by atoms with Crippen LogP contribution in [-0.2, 0) is 16.4 Å². The number of nitrogens with zero attached hydrogens (tertiary/aromatic N) is 7. The van der Waals surface area contributed by atoms with E-state index in [0.29, 0.717) is 41.0 Å². The molecule has 0 bridgehead atoms. The lowest BCUT2D eigenvalue weighted by molar-refractivity contribution is 0.00607. The van der Waals surface area contributed by atoms with Crippen LogP contribution in [0.25, 0.3) is 22.3 Å². The highest BCUT2D eigenvalue weighted by molar-refractivity contribution is 6.61. The molecule has 0 amide bonds. The first-order valence-electron chi connectivity index (χ1n) is 14.6. The highest BCUT2D eigenvalue weighted by Gasteiger charge is 2.35. The van der Waals surface area contributed by atoms with E-state index in [1.54, 1.807) is 19.2 Å². The summed E-state index contributed by atoms with van der Waals surface area (Å²) in [4.78, 5) is 13.0. The zero-order valence-corrected chi connectivity index (χ0v) is 27.0. The van der Waals surface area contributed by atoms with E-state index in [1.807, 2.05) is 55.4 Å². The summed E-state index contributed by atoms with van der Waals surface area (Å²) >= 11 is 0. The molecule has 1 saturated heterocycles. The van der Waals surface area contributed by atoms with Crippen molar-refractivity contribution in [2.24, 2.45) is 12.5 Å². The Morgan fingerprint density at radius 1 is 0.956 bits per heavy atom. The molecule has 0 N–H and O–H groups in total. The number of hydrogen-bond acceptors (Lipinski definition) is 11. The van der Waals surface area contributed by atoms with E-state index < -0.39 is 30.8 Å². The van der Waals surface area contributed by atoms with Crippen LogP contribution in [0.4, 0.5) is 8.78 Å². The van der Waals surface area contributed by atoms with Crippen molar-refractivity contribution in [3.63, 3.8) is 0 Å². The zero-order chi connectivity index (χ0) is 32.7. The van der Waals surface area contributed by atoms with E-state index in [2.05, 4.69) is 30.2 Å². The summed E-state index contributed by atoms with van der Waals surface area (Å²) in [5, 5.41) is 13.3.